The van der Waals surface area contributed by atoms with Crippen LogP contribution in [0.25, 0.3) is 15.9 Å². The molecule has 3 heterocycles. The summed E-state index contributed by atoms with van der Waals surface area (Å²) >= 11 is 3.22. The van der Waals surface area contributed by atoms with Crippen LogP contribution in [0, 0.1) is 5.92 Å². The second kappa shape index (κ2) is 8.20. The molecule has 0 amide bonds. The van der Waals surface area contributed by atoms with Gasteiger partial charge in [0.15, 0.2) is 11.0 Å². The normalized spacial score (nSPS) is 17.1. The summed E-state index contributed by atoms with van der Waals surface area (Å²) in [4.78, 5) is 20.6. The molecule has 0 aliphatic heterocycles. The van der Waals surface area contributed by atoms with E-state index >= 15 is 0 Å². The second-order valence-corrected chi connectivity index (χ2v) is 10.4. The summed E-state index contributed by atoms with van der Waals surface area (Å²) in [5, 5.41) is 13.8. The molecule has 7 nitrogen and oxygen atoms in total. The number of fused-ring (bicyclic) bond motifs is 3. The van der Waals surface area contributed by atoms with Gasteiger partial charge in [-0.05, 0) is 67.2 Å². The third-order valence-electron chi connectivity index (χ3n) is 5.84. The Labute approximate surface area is 188 Å². The Morgan fingerprint density at radius 1 is 1.29 bits per heavy atom. The maximum absolute atomic E-state index is 13.4. The van der Waals surface area contributed by atoms with Gasteiger partial charge in [0.2, 0.25) is 0 Å². The Kier molecular flexibility index (Phi) is 5.39. The number of hydrogen-bond acceptors (Lipinski definition) is 7. The molecule has 4 aromatic rings. The standard InChI is InChI=1S/C22H24N6OS2/c1-4-27-21(29)18-16-11-10-13(2)12-17(16)31-20(18)23-22(27)30-14(3)19-24-25-26-28(19)15-8-6-5-7-9-15/h5-9,13-14H,4,10-12H2,1-3H3. The fourth-order valence-corrected chi connectivity index (χ4v) is 6.67. The van der Waals surface area contributed by atoms with Crippen LogP contribution in [0.4, 0.5) is 0 Å². The van der Waals surface area contributed by atoms with Crippen molar-refractivity contribution in [3.05, 3.63) is 57.0 Å². The lowest BCUT2D eigenvalue weighted by atomic mass is 9.89. The molecule has 0 fully saturated rings. The quantitative estimate of drug-likeness (QED) is 0.329. The molecule has 0 N–H and O–H groups in total. The maximum atomic E-state index is 13.4. The fourth-order valence-electron chi connectivity index (χ4n) is 4.19. The van der Waals surface area contributed by atoms with Gasteiger partial charge in [-0.1, -0.05) is 36.9 Å². The van der Waals surface area contributed by atoms with Crippen LogP contribution in [0.3, 0.4) is 0 Å². The first-order chi connectivity index (χ1) is 15.1. The molecule has 0 saturated heterocycles. The average Bonchev–Trinajstić information content (AvgIpc) is 3.39. The average molecular weight is 453 g/mol. The highest BCUT2D eigenvalue weighted by Crippen LogP contribution is 2.38. The number of thiophene rings is 1. The van der Waals surface area contributed by atoms with Crippen LogP contribution in [0.15, 0.2) is 40.3 Å². The van der Waals surface area contributed by atoms with Crippen molar-refractivity contribution in [2.75, 3.05) is 0 Å². The number of aryl methyl sites for hydroxylation is 1. The lowest BCUT2D eigenvalue weighted by Crippen LogP contribution is -2.23. The van der Waals surface area contributed by atoms with Crippen molar-refractivity contribution < 1.29 is 0 Å². The Morgan fingerprint density at radius 3 is 2.87 bits per heavy atom. The zero-order chi connectivity index (χ0) is 21.5. The smallest absolute Gasteiger partial charge is 0.263 e. The van der Waals surface area contributed by atoms with Crippen LogP contribution in [0.2, 0.25) is 0 Å². The third-order valence-corrected chi connectivity index (χ3v) is 8.07. The van der Waals surface area contributed by atoms with Gasteiger partial charge in [0.05, 0.1) is 16.3 Å². The summed E-state index contributed by atoms with van der Waals surface area (Å²) in [6, 6.07) is 9.83. The summed E-state index contributed by atoms with van der Waals surface area (Å²) in [6.45, 7) is 6.91. The van der Waals surface area contributed by atoms with Gasteiger partial charge in [-0.3, -0.25) is 9.36 Å². The van der Waals surface area contributed by atoms with Crippen molar-refractivity contribution in [1.82, 2.24) is 29.8 Å². The van der Waals surface area contributed by atoms with E-state index in [0.717, 1.165) is 46.1 Å². The molecule has 2 unspecified atom stereocenters. The van der Waals surface area contributed by atoms with Gasteiger partial charge in [0.1, 0.15) is 4.83 Å². The van der Waals surface area contributed by atoms with Crippen molar-refractivity contribution in [3.63, 3.8) is 0 Å². The predicted octanol–water partition coefficient (Wildman–Crippen LogP) is 4.43. The van der Waals surface area contributed by atoms with Gasteiger partial charge < -0.3 is 0 Å². The first-order valence-electron chi connectivity index (χ1n) is 10.6. The van der Waals surface area contributed by atoms with Crippen LogP contribution >= 0.6 is 23.1 Å². The summed E-state index contributed by atoms with van der Waals surface area (Å²) < 4.78 is 3.54. The molecular weight excluding hydrogens is 428 g/mol. The minimum Gasteiger partial charge on any atom is -0.287 e. The van der Waals surface area contributed by atoms with Crippen molar-refractivity contribution >= 4 is 33.3 Å². The fraction of sp³-hybridized carbons (Fsp3) is 0.409. The van der Waals surface area contributed by atoms with E-state index < -0.39 is 0 Å². The number of thioether (sulfide) groups is 1. The number of tetrazole rings is 1. The molecule has 9 heteroatoms. The highest BCUT2D eigenvalue weighted by Gasteiger charge is 2.26. The Bertz CT molecular complexity index is 1290. The summed E-state index contributed by atoms with van der Waals surface area (Å²) in [6.07, 6.45) is 3.17. The van der Waals surface area contributed by atoms with Crippen molar-refractivity contribution in [2.24, 2.45) is 5.92 Å². The number of benzene rings is 1. The minimum absolute atomic E-state index is 0.0769. The molecule has 160 valence electrons. The summed E-state index contributed by atoms with van der Waals surface area (Å²) in [5.41, 5.74) is 2.22. The van der Waals surface area contributed by atoms with E-state index in [9.17, 15) is 4.79 Å². The van der Waals surface area contributed by atoms with Gasteiger partial charge >= 0.3 is 0 Å². The molecule has 1 aliphatic rings. The number of para-hydroxylation sites is 1. The van der Waals surface area contributed by atoms with Crippen LogP contribution in [-0.2, 0) is 19.4 Å². The number of nitrogens with zero attached hydrogens (tertiary/aromatic N) is 6. The topological polar surface area (TPSA) is 78.5 Å². The molecule has 0 radical (unpaired) electrons. The first-order valence-corrected chi connectivity index (χ1v) is 12.3. The van der Waals surface area contributed by atoms with E-state index in [1.165, 1.54) is 22.2 Å². The van der Waals surface area contributed by atoms with Gasteiger partial charge in [0, 0.05) is 11.4 Å². The molecule has 0 saturated carbocycles. The number of aromatic nitrogens is 6. The molecule has 31 heavy (non-hydrogen) atoms. The zero-order valence-electron chi connectivity index (χ0n) is 17.8. The number of rotatable bonds is 5. The predicted molar refractivity (Wildman–Crippen MR) is 124 cm³/mol. The summed E-state index contributed by atoms with van der Waals surface area (Å²) in [5.74, 6) is 1.40. The molecule has 5 rings (SSSR count). The lowest BCUT2D eigenvalue weighted by Gasteiger charge is -2.18. The Balaban J connectivity index is 1.54. The molecule has 3 aromatic heterocycles. The Hall–Kier alpha value is -2.52. The highest BCUT2D eigenvalue weighted by molar-refractivity contribution is 7.99. The van der Waals surface area contributed by atoms with Crippen LogP contribution < -0.4 is 5.56 Å². The van der Waals surface area contributed by atoms with E-state index in [1.54, 1.807) is 20.6 Å². The van der Waals surface area contributed by atoms with Gasteiger partial charge in [0.25, 0.3) is 5.56 Å². The Morgan fingerprint density at radius 2 is 2.10 bits per heavy atom. The lowest BCUT2D eigenvalue weighted by molar-refractivity contribution is 0.509. The summed E-state index contributed by atoms with van der Waals surface area (Å²) in [7, 11) is 0. The van der Waals surface area contributed by atoms with E-state index in [0.29, 0.717) is 12.5 Å². The molecular formula is C22H24N6OS2. The molecule has 2 atom stereocenters. The van der Waals surface area contributed by atoms with Gasteiger partial charge in [-0.25, -0.2) is 4.98 Å². The van der Waals surface area contributed by atoms with Crippen molar-refractivity contribution in [3.8, 4) is 5.69 Å². The number of hydrogen-bond donors (Lipinski definition) is 0. The van der Waals surface area contributed by atoms with Crippen LogP contribution in [0.5, 0.6) is 0 Å². The maximum Gasteiger partial charge on any atom is 0.263 e. The first kappa shape index (κ1) is 20.4. The molecule has 0 bridgehead atoms. The molecule has 0 spiro atoms. The molecule has 1 aromatic carbocycles. The largest absolute Gasteiger partial charge is 0.287 e. The van der Waals surface area contributed by atoms with E-state index in [4.69, 9.17) is 4.98 Å². The SMILES string of the molecule is CCn1c(SC(C)c2nnnn2-c2ccccc2)nc2sc3c(c2c1=O)CCC(C)C3. The van der Waals surface area contributed by atoms with Gasteiger partial charge in [-0.2, -0.15) is 4.68 Å². The van der Waals surface area contributed by atoms with E-state index in [2.05, 4.69) is 22.4 Å². The zero-order valence-corrected chi connectivity index (χ0v) is 19.4. The molecule has 1 aliphatic carbocycles. The minimum atomic E-state index is -0.0769. The monoisotopic (exact) mass is 452 g/mol. The van der Waals surface area contributed by atoms with Crippen LogP contribution in [-0.4, -0.2) is 29.8 Å². The highest BCUT2D eigenvalue weighted by atomic mass is 32.2. The van der Waals surface area contributed by atoms with Crippen molar-refractivity contribution in [1.29, 1.82) is 0 Å². The van der Waals surface area contributed by atoms with E-state index in [1.807, 2.05) is 44.2 Å². The van der Waals surface area contributed by atoms with Crippen molar-refractivity contribution in [2.45, 2.75) is 57.0 Å². The van der Waals surface area contributed by atoms with Crippen LogP contribution in [0.1, 0.15) is 48.7 Å². The van der Waals surface area contributed by atoms with Gasteiger partial charge in [-0.15, -0.1) is 16.4 Å². The van der Waals surface area contributed by atoms with E-state index in [-0.39, 0.29) is 10.8 Å². The second-order valence-electron chi connectivity index (χ2n) is 8.02. The third kappa shape index (κ3) is 3.59.